The van der Waals surface area contributed by atoms with Gasteiger partial charge >= 0.3 is 0 Å². The zero-order valence-corrected chi connectivity index (χ0v) is 14.4. The second-order valence-electron chi connectivity index (χ2n) is 6.27. The largest absolute Gasteiger partial charge is 0.381 e. The molecule has 6 heteroatoms. The summed E-state index contributed by atoms with van der Waals surface area (Å²) in [5.74, 6) is 0.421. The van der Waals surface area contributed by atoms with Gasteiger partial charge in [0.1, 0.15) is 4.75 Å². The molecule has 0 N–H and O–H groups in total. The monoisotopic (exact) mass is 343 g/mol. The number of benzene rings is 1. The van der Waals surface area contributed by atoms with E-state index in [-0.39, 0.29) is 5.92 Å². The summed E-state index contributed by atoms with van der Waals surface area (Å²) in [5.41, 5.74) is 1.05. The predicted molar refractivity (Wildman–Crippen MR) is 87.8 cm³/mol. The van der Waals surface area contributed by atoms with Gasteiger partial charge < -0.3 is 4.74 Å². The normalized spacial score (nSPS) is 26.2. The SMILES string of the molecule is CCOC[C@@H]1CCS(=O)(=O)C12CN(Cc1ccccc1Cl)C2. The Morgan fingerprint density at radius 3 is 2.77 bits per heavy atom. The van der Waals surface area contributed by atoms with E-state index in [0.29, 0.717) is 38.6 Å². The quantitative estimate of drug-likeness (QED) is 0.823. The molecule has 1 aromatic carbocycles. The molecule has 122 valence electrons. The van der Waals surface area contributed by atoms with Crippen LogP contribution in [0.1, 0.15) is 18.9 Å². The molecule has 3 rings (SSSR count). The molecule has 4 nitrogen and oxygen atoms in total. The van der Waals surface area contributed by atoms with Gasteiger partial charge in [0, 0.05) is 37.2 Å². The van der Waals surface area contributed by atoms with E-state index in [1.807, 2.05) is 31.2 Å². The highest BCUT2D eigenvalue weighted by molar-refractivity contribution is 7.93. The summed E-state index contributed by atoms with van der Waals surface area (Å²) in [5, 5.41) is 0.739. The maximum absolute atomic E-state index is 12.5. The second kappa shape index (κ2) is 6.11. The molecule has 1 aromatic rings. The molecule has 0 aliphatic carbocycles. The van der Waals surface area contributed by atoms with Gasteiger partial charge in [-0.25, -0.2) is 8.42 Å². The van der Waals surface area contributed by atoms with Crippen LogP contribution in [-0.4, -0.2) is 50.1 Å². The molecular formula is C16H22ClNO3S. The van der Waals surface area contributed by atoms with Crippen molar-refractivity contribution in [3.8, 4) is 0 Å². The first-order valence-corrected chi connectivity index (χ1v) is 9.77. The summed E-state index contributed by atoms with van der Waals surface area (Å²) in [6.45, 7) is 5.03. The van der Waals surface area contributed by atoms with Gasteiger partial charge in [0.2, 0.25) is 0 Å². The molecule has 0 unspecified atom stereocenters. The van der Waals surface area contributed by atoms with Crippen molar-refractivity contribution >= 4 is 21.4 Å². The van der Waals surface area contributed by atoms with E-state index < -0.39 is 14.6 Å². The zero-order chi connectivity index (χ0) is 15.8. The first-order valence-electron chi connectivity index (χ1n) is 7.74. The van der Waals surface area contributed by atoms with Crippen molar-refractivity contribution in [2.24, 2.45) is 5.92 Å². The molecule has 0 saturated carbocycles. The minimum absolute atomic E-state index is 0.125. The van der Waals surface area contributed by atoms with E-state index in [4.69, 9.17) is 16.3 Å². The third kappa shape index (κ3) is 2.68. The predicted octanol–water partition coefficient (Wildman–Crippen LogP) is 2.37. The molecule has 2 aliphatic rings. The summed E-state index contributed by atoms with van der Waals surface area (Å²) in [6, 6.07) is 7.73. The Morgan fingerprint density at radius 2 is 2.09 bits per heavy atom. The van der Waals surface area contributed by atoms with Crippen LogP contribution in [0.15, 0.2) is 24.3 Å². The summed E-state index contributed by atoms with van der Waals surface area (Å²) >= 11 is 6.19. The van der Waals surface area contributed by atoms with Crippen molar-refractivity contribution in [3.63, 3.8) is 0 Å². The fraction of sp³-hybridized carbons (Fsp3) is 0.625. The Morgan fingerprint density at radius 1 is 1.36 bits per heavy atom. The van der Waals surface area contributed by atoms with Gasteiger partial charge in [-0.05, 0) is 25.0 Å². The number of ether oxygens (including phenoxy) is 1. The van der Waals surface area contributed by atoms with E-state index in [1.165, 1.54) is 0 Å². The number of nitrogens with zero attached hydrogens (tertiary/aromatic N) is 1. The molecule has 1 spiro atoms. The highest BCUT2D eigenvalue weighted by Gasteiger charge is 2.61. The summed E-state index contributed by atoms with van der Waals surface area (Å²) < 4.78 is 29.9. The first kappa shape index (κ1) is 16.2. The van der Waals surface area contributed by atoms with Gasteiger partial charge in [-0.1, -0.05) is 29.8 Å². The van der Waals surface area contributed by atoms with Crippen molar-refractivity contribution in [1.82, 2.24) is 4.90 Å². The van der Waals surface area contributed by atoms with Crippen LogP contribution in [0.3, 0.4) is 0 Å². The summed E-state index contributed by atoms with van der Waals surface area (Å²) in [6.07, 6.45) is 0.724. The smallest absolute Gasteiger partial charge is 0.158 e. The lowest BCUT2D eigenvalue weighted by Gasteiger charge is -2.50. The van der Waals surface area contributed by atoms with E-state index in [2.05, 4.69) is 4.90 Å². The van der Waals surface area contributed by atoms with Crippen LogP contribution in [0.4, 0.5) is 0 Å². The Bertz CT molecular complexity index is 641. The van der Waals surface area contributed by atoms with Crippen molar-refractivity contribution in [1.29, 1.82) is 0 Å². The van der Waals surface area contributed by atoms with Crippen LogP contribution in [-0.2, 0) is 21.1 Å². The van der Waals surface area contributed by atoms with Gasteiger partial charge in [0.25, 0.3) is 0 Å². The molecule has 1 atom stereocenters. The number of likely N-dealkylation sites (tertiary alicyclic amines) is 1. The van der Waals surface area contributed by atoms with Gasteiger partial charge in [0.05, 0.1) is 12.4 Å². The molecule has 0 aromatic heterocycles. The lowest BCUT2D eigenvalue weighted by atomic mass is 9.83. The second-order valence-corrected chi connectivity index (χ2v) is 9.12. The van der Waals surface area contributed by atoms with Crippen molar-refractivity contribution in [2.75, 3.05) is 32.1 Å². The lowest BCUT2D eigenvalue weighted by molar-refractivity contribution is 0.0292. The van der Waals surface area contributed by atoms with Crippen LogP contribution < -0.4 is 0 Å². The van der Waals surface area contributed by atoms with Crippen LogP contribution in [0.5, 0.6) is 0 Å². The molecule has 2 aliphatic heterocycles. The number of rotatable bonds is 5. The van der Waals surface area contributed by atoms with Gasteiger partial charge in [0.15, 0.2) is 9.84 Å². The topological polar surface area (TPSA) is 46.6 Å². The van der Waals surface area contributed by atoms with Crippen LogP contribution in [0.25, 0.3) is 0 Å². The van der Waals surface area contributed by atoms with Crippen molar-refractivity contribution in [2.45, 2.75) is 24.6 Å². The Labute approximate surface area is 137 Å². The maximum Gasteiger partial charge on any atom is 0.158 e. The lowest BCUT2D eigenvalue weighted by Crippen LogP contribution is -2.67. The van der Waals surface area contributed by atoms with Gasteiger partial charge in [-0.2, -0.15) is 0 Å². The molecule has 22 heavy (non-hydrogen) atoms. The summed E-state index contributed by atoms with van der Waals surface area (Å²) in [7, 11) is -3.02. The van der Waals surface area contributed by atoms with Gasteiger partial charge in [-0.15, -0.1) is 0 Å². The molecule has 0 radical (unpaired) electrons. The molecule has 2 fully saturated rings. The Kier molecular flexibility index (Phi) is 4.52. The van der Waals surface area contributed by atoms with Crippen molar-refractivity contribution < 1.29 is 13.2 Å². The fourth-order valence-corrected chi connectivity index (χ4v) is 6.31. The Hall–Kier alpha value is -0.620. The first-order chi connectivity index (χ1) is 10.5. The van der Waals surface area contributed by atoms with E-state index in [1.54, 1.807) is 0 Å². The third-order valence-corrected chi connectivity index (χ3v) is 7.93. The van der Waals surface area contributed by atoms with E-state index in [9.17, 15) is 8.42 Å². The molecule has 0 bridgehead atoms. The minimum Gasteiger partial charge on any atom is -0.381 e. The summed E-state index contributed by atoms with van der Waals surface area (Å²) in [4.78, 5) is 2.17. The average Bonchev–Trinajstić information content (AvgIpc) is 2.70. The molecule has 0 amide bonds. The average molecular weight is 344 g/mol. The zero-order valence-electron chi connectivity index (χ0n) is 12.8. The van der Waals surface area contributed by atoms with Gasteiger partial charge in [-0.3, -0.25) is 4.90 Å². The van der Waals surface area contributed by atoms with E-state index >= 15 is 0 Å². The minimum atomic E-state index is -3.02. The molecule has 2 saturated heterocycles. The van der Waals surface area contributed by atoms with E-state index in [0.717, 1.165) is 17.0 Å². The molecular weight excluding hydrogens is 322 g/mol. The number of sulfone groups is 1. The number of halogens is 1. The van der Waals surface area contributed by atoms with Crippen LogP contribution in [0, 0.1) is 5.92 Å². The van der Waals surface area contributed by atoms with Crippen LogP contribution in [0.2, 0.25) is 5.02 Å². The third-order valence-electron chi connectivity index (χ3n) is 4.96. The van der Waals surface area contributed by atoms with Crippen molar-refractivity contribution in [3.05, 3.63) is 34.9 Å². The Balaban J connectivity index is 1.70. The number of hydrogen-bond acceptors (Lipinski definition) is 4. The highest BCUT2D eigenvalue weighted by Crippen LogP contribution is 2.45. The highest BCUT2D eigenvalue weighted by atomic mass is 35.5. The molecule has 2 heterocycles. The maximum atomic E-state index is 12.5. The fourth-order valence-electron chi connectivity index (χ4n) is 3.66. The standard InChI is InChI=1S/C16H22ClNO3S/c1-2-21-10-14-7-8-22(19,20)16(14)11-18(12-16)9-13-5-3-4-6-15(13)17/h3-6,14H,2,7-12H2,1H3/t14-/m0/s1. The van der Waals surface area contributed by atoms with Crippen LogP contribution >= 0.6 is 11.6 Å². The number of hydrogen-bond donors (Lipinski definition) is 0.